The first-order valence-electron chi connectivity index (χ1n) is 12.9. The second kappa shape index (κ2) is 11.2. The molecule has 3 aromatic carbocycles. The Hall–Kier alpha value is -2.95. The molecule has 0 aromatic heterocycles. The summed E-state index contributed by atoms with van der Waals surface area (Å²) in [7, 11) is 1.74. The maximum atomic E-state index is 14.1. The normalized spacial score (nSPS) is 24.4. The molecule has 4 atom stereocenters. The van der Waals surface area contributed by atoms with Crippen LogP contribution in [0.25, 0.3) is 0 Å². The summed E-state index contributed by atoms with van der Waals surface area (Å²) in [6, 6.07) is 30.2. The first kappa shape index (κ1) is 23.8. The molecule has 2 heterocycles. The van der Waals surface area contributed by atoms with E-state index in [2.05, 4.69) is 95.1 Å². The number of rotatable bonds is 7. The number of likely N-dealkylation sites (tertiary alicyclic amines) is 1. The van der Waals surface area contributed by atoms with Crippen LogP contribution < -0.4 is 5.32 Å². The number of hydrogen-bond donors (Lipinski definition) is 1. The quantitative estimate of drug-likeness (QED) is 0.510. The van der Waals surface area contributed by atoms with Gasteiger partial charge in [-0.1, -0.05) is 84.9 Å². The van der Waals surface area contributed by atoms with Crippen molar-refractivity contribution < 1.29 is 9.53 Å². The lowest BCUT2D eigenvalue weighted by atomic mass is 9.81. The summed E-state index contributed by atoms with van der Waals surface area (Å²) in [5.41, 5.74) is 5.16. The molecule has 0 spiro atoms. The average Bonchev–Trinajstić information content (AvgIpc) is 3.42. The van der Waals surface area contributed by atoms with Gasteiger partial charge in [0.2, 0.25) is 5.91 Å². The van der Waals surface area contributed by atoms with Crippen molar-refractivity contribution in [3.8, 4) is 0 Å². The summed E-state index contributed by atoms with van der Waals surface area (Å²) in [5, 5.41) is 3.52. The Morgan fingerprint density at radius 2 is 1.63 bits per heavy atom. The summed E-state index contributed by atoms with van der Waals surface area (Å²) >= 11 is 0. The van der Waals surface area contributed by atoms with Crippen molar-refractivity contribution in [2.24, 2.45) is 5.92 Å². The van der Waals surface area contributed by atoms with Gasteiger partial charge in [-0.25, -0.2) is 0 Å². The number of methoxy groups -OCH3 is 1. The maximum Gasteiger partial charge on any atom is 0.228 e. The summed E-state index contributed by atoms with van der Waals surface area (Å²) in [5.74, 6) is 0.934. The summed E-state index contributed by atoms with van der Waals surface area (Å²) in [4.78, 5) is 16.3. The fraction of sp³-hybridized carbons (Fsp3) is 0.387. The van der Waals surface area contributed by atoms with Crippen LogP contribution in [-0.4, -0.2) is 44.2 Å². The number of amides is 1. The van der Waals surface area contributed by atoms with E-state index in [9.17, 15) is 4.79 Å². The molecule has 4 nitrogen and oxygen atoms in total. The molecule has 4 heteroatoms. The molecule has 2 aliphatic rings. The molecule has 0 saturated carbocycles. The van der Waals surface area contributed by atoms with Crippen molar-refractivity contribution in [3.05, 3.63) is 107 Å². The van der Waals surface area contributed by atoms with Crippen LogP contribution in [0.4, 0.5) is 0 Å². The highest BCUT2D eigenvalue weighted by Crippen LogP contribution is 2.41. The smallest absolute Gasteiger partial charge is 0.228 e. The average molecular weight is 469 g/mol. The highest BCUT2D eigenvalue weighted by molar-refractivity contribution is 5.81. The largest absolute Gasteiger partial charge is 0.384 e. The Morgan fingerprint density at radius 3 is 2.37 bits per heavy atom. The molecule has 5 rings (SSSR count). The van der Waals surface area contributed by atoms with Gasteiger partial charge in [0.05, 0.1) is 18.6 Å². The van der Waals surface area contributed by atoms with E-state index < -0.39 is 0 Å². The lowest BCUT2D eigenvalue weighted by Crippen LogP contribution is -2.45. The van der Waals surface area contributed by atoms with Gasteiger partial charge in [-0.15, -0.1) is 0 Å². The summed E-state index contributed by atoms with van der Waals surface area (Å²) in [6.45, 7) is 3.10. The van der Waals surface area contributed by atoms with Crippen LogP contribution in [-0.2, 0) is 16.0 Å². The van der Waals surface area contributed by atoms with Gasteiger partial charge in [0.25, 0.3) is 0 Å². The Labute approximate surface area is 209 Å². The number of nitrogens with zero attached hydrogens (tertiary/aromatic N) is 1. The van der Waals surface area contributed by atoms with E-state index in [4.69, 9.17) is 4.74 Å². The number of benzene rings is 3. The van der Waals surface area contributed by atoms with E-state index in [0.717, 1.165) is 38.9 Å². The molecule has 3 aromatic rings. The molecule has 1 N–H and O–H groups in total. The van der Waals surface area contributed by atoms with E-state index >= 15 is 0 Å². The van der Waals surface area contributed by atoms with Crippen molar-refractivity contribution in [3.63, 3.8) is 0 Å². The summed E-state index contributed by atoms with van der Waals surface area (Å²) < 4.78 is 5.27. The Balaban J connectivity index is 1.39. The van der Waals surface area contributed by atoms with Crippen LogP contribution in [0.3, 0.4) is 0 Å². The van der Waals surface area contributed by atoms with Crippen molar-refractivity contribution >= 4 is 5.91 Å². The lowest BCUT2D eigenvalue weighted by Gasteiger charge is -2.42. The zero-order valence-corrected chi connectivity index (χ0v) is 20.6. The van der Waals surface area contributed by atoms with Gasteiger partial charge in [0.15, 0.2) is 0 Å². The molecule has 0 bridgehead atoms. The third-order valence-electron chi connectivity index (χ3n) is 7.85. The molecular formula is C31H36N2O2. The minimum atomic E-state index is -0.0350. The lowest BCUT2D eigenvalue weighted by molar-refractivity contribution is -0.139. The van der Waals surface area contributed by atoms with Crippen LogP contribution in [0.2, 0.25) is 0 Å². The van der Waals surface area contributed by atoms with Crippen molar-refractivity contribution in [2.45, 2.75) is 37.1 Å². The van der Waals surface area contributed by atoms with Gasteiger partial charge in [-0.2, -0.15) is 0 Å². The fourth-order valence-corrected chi connectivity index (χ4v) is 5.95. The van der Waals surface area contributed by atoms with Crippen LogP contribution in [0.15, 0.2) is 84.9 Å². The number of piperidine rings is 1. The summed E-state index contributed by atoms with van der Waals surface area (Å²) in [6.07, 6.45) is 2.87. The third kappa shape index (κ3) is 5.34. The molecule has 2 saturated heterocycles. The molecule has 0 unspecified atom stereocenters. The molecule has 2 aliphatic heterocycles. The van der Waals surface area contributed by atoms with Gasteiger partial charge in [-0.05, 0) is 47.4 Å². The Bertz CT molecular complexity index is 1100. The number of carbonyl (C=O) groups is 1. The minimum Gasteiger partial charge on any atom is -0.384 e. The molecule has 2 fully saturated rings. The van der Waals surface area contributed by atoms with Crippen molar-refractivity contribution in [1.29, 1.82) is 0 Å². The van der Waals surface area contributed by atoms with Crippen LogP contribution in [0.5, 0.6) is 0 Å². The highest BCUT2D eigenvalue weighted by atomic mass is 16.5. The highest BCUT2D eigenvalue weighted by Gasteiger charge is 2.41. The van der Waals surface area contributed by atoms with Gasteiger partial charge in [0, 0.05) is 32.7 Å². The van der Waals surface area contributed by atoms with E-state index in [1.807, 2.05) is 0 Å². The molecule has 35 heavy (non-hydrogen) atoms. The third-order valence-corrected chi connectivity index (χ3v) is 7.85. The van der Waals surface area contributed by atoms with E-state index in [1.54, 1.807) is 7.11 Å². The molecule has 182 valence electrons. The van der Waals surface area contributed by atoms with Crippen LogP contribution in [0.1, 0.15) is 53.0 Å². The van der Waals surface area contributed by atoms with Gasteiger partial charge in [-0.3, -0.25) is 4.79 Å². The topological polar surface area (TPSA) is 41.6 Å². The maximum absolute atomic E-state index is 14.1. The number of carbonyl (C=O) groups excluding carboxylic acids is 1. The SMILES string of the molecule is COCCc1cccc([C@@H]2CNC[C@H]2C(=O)N2CC[C@H](c3ccccc3)C[C@H]2c2ccccc2)c1. The molecule has 1 amide bonds. The second-order valence-corrected chi connectivity index (χ2v) is 9.95. The second-order valence-electron chi connectivity index (χ2n) is 9.95. The van der Waals surface area contributed by atoms with Crippen LogP contribution in [0, 0.1) is 5.92 Å². The minimum absolute atomic E-state index is 0.0350. The monoisotopic (exact) mass is 468 g/mol. The first-order valence-corrected chi connectivity index (χ1v) is 12.9. The van der Waals surface area contributed by atoms with Gasteiger partial charge in [0.1, 0.15) is 0 Å². The predicted molar refractivity (Wildman–Crippen MR) is 140 cm³/mol. The zero-order valence-electron chi connectivity index (χ0n) is 20.6. The van der Waals surface area contributed by atoms with E-state index in [-0.39, 0.29) is 17.9 Å². The first-order chi connectivity index (χ1) is 17.2. The van der Waals surface area contributed by atoms with E-state index in [0.29, 0.717) is 18.4 Å². The zero-order chi connectivity index (χ0) is 24.0. The fourth-order valence-electron chi connectivity index (χ4n) is 5.95. The van der Waals surface area contributed by atoms with E-state index in [1.165, 1.54) is 22.3 Å². The number of nitrogens with one attached hydrogen (secondary N) is 1. The van der Waals surface area contributed by atoms with Crippen molar-refractivity contribution in [2.75, 3.05) is 33.4 Å². The van der Waals surface area contributed by atoms with Crippen LogP contribution >= 0.6 is 0 Å². The van der Waals surface area contributed by atoms with Crippen molar-refractivity contribution in [1.82, 2.24) is 10.2 Å². The Kier molecular flexibility index (Phi) is 7.60. The van der Waals surface area contributed by atoms with Gasteiger partial charge < -0.3 is 15.0 Å². The molecule has 0 aliphatic carbocycles. The predicted octanol–water partition coefficient (Wildman–Crippen LogP) is 5.33. The molecule has 0 radical (unpaired) electrons. The van der Waals surface area contributed by atoms with Gasteiger partial charge >= 0.3 is 0 Å². The number of hydrogen-bond acceptors (Lipinski definition) is 3. The Morgan fingerprint density at radius 1 is 0.914 bits per heavy atom. The number of ether oxygens (including phenoxy) is 1. The molecular weight excluding hydrogens is 432 g/mol. The standard InChI is InChI=1S/C31H36N2O2/c1-35-18-16-23-9-8-14-27(19-23)28-21-32-22-29(28)31(34)33-17-15-26(24-10-4-2-5-11-24)20-30(33)25-12-6-3-7-13-25/h2-14,19,26,28-30,32H,15-18,20-22H2,1H3/t26-,28-,29+,30-/m0/s1.